The van der Waals surface area contributed by atoms with Crippen molar-refractivity contribution >= 4 is 21.9 Å². The Hall–Kier alpha value is -1.93. The van der Waals surface area contributed by atoms with Crippen molar-refractivity contribution in [1.29, 1.82) is 0 Å². The van der Waals surface area contributed by atoms with Crippen LogP contribution >= 0.6 is 0 Å². The van der Waals surface area contributed by atoms with E-state index in [1.165, 1.54) is 20.8 Å². The molecule has 1 rings (SSSR count). The number of rotatable bonds is 7. The van der Waals surface area contributed by atoms with Gasteiger partial charge in [-0.15, -0.1) is 0 Å². The molecule has 23 heavy (non-hydrogen) atoms. The van der Waals surface area contributed by atoms with Crippen LogP contribution < -0.4 is 10.0 Å². The van der Waals surface area contributed by atoms with Gasteiger partial charge in [-0.2, -0.15) is 0 Å². The number of benzene rings is 1. The van der Waals surface area contributed by atoms with Crippen LogP contribution in [0.4, 0.5) is 0 Å². The fourth-order valence-corrected chi connectivity index (χ4v) is 3.11. The smallest absolute Gasteiger partial charge is 0.315 e. The molecule has 0 bridgehead atoms. The molecule has 0 radical (unpaired) electrons. The molecule has 0 aliphatic carbocycles. The van der Waals surface area contributed by atoms with Gasteiger partial charge in [-0.3, -0.25) is 9.59 Å². The van der Waals surface area contributed by atoms with Crippen LogP contribution in [0.5, 0.6) is 0 Å². The van der Waals surface area contributed by atoms with Gasteiger partial charge >= 0.3 is 5.97 Å². The van der Waals surface area contributed by atoms with Crippen LogP contribution in [0, 0.1) is 0 Å². The number of nitrogens with one attached hydrogen (secondary N) is 2. The lowest BCUT2D eigenvalue weighted by molar-refractivity contribution is -0.143. The topological polar surface area (TPSA) is 113 Å². The van der Waals surface area contributed by atoms with Crippen molar-refractivity contribution in [2.75, 3.05) is 12.8 Å². The Bertz CT molecular complexity index is 685. The molecule has 1 amide bonds. The molecule has 7 nitrogen and oxygen atoms in total. The summed E-state index contributed by atoms with van der Waals surface area (Å²) < 4.78 is 24.8. The molecule has 0 spiro atoms. The fourth-order valence-electron chi connectivity index (χ4n) is 2.10. The van der Waals surface area contributed by atoms with E-state index in [4.69, 9.17) is 0 Å². The van der Waals surface area contributed by atoms with E-state index < -0.39 is 32.9 Å². The number of sulfonamides is 1. The minimum atomic E-state index is -3.58. The van der Waals surface area contributed by atoms with Gasteiger partial charge in [0.2, 0.25) is 15.9 Å². The molecule has 0 aromatic heterocycles. The Balaban J connectivity index is 2.93. The molecule has 1 unspecified atom stereocenters. The first kappa shape index (κ1) is 19.1. The highest BCUT2D eigenvalue weighted by Crippen LogP contribution is 2.23. The van der Waals surface area contributed by atoms with Gasteiger partial charge < -0.3 is 10.4 Å². The number of carboxylic acid groups (broad SMARTS) is 1. The fraction of sp³-hybridized carbons (Fsp3) is 0.467. The van der Waals surface area contributed by atoms with Gasteiger partial charge in [-0.1, -0.05) is 30.3 Å². The van der Waals surface area contributed by atoms with Crippen molar-refractivity contribution in [2.24, 2.45) is 0 Å². The molecule has 1 aromatic rings. The summed E-state index contributed by atoms with van der Waals surface area (Å²) in [7, 11) is -3.58. The van der Waals surface area contributed by atoms with Gasteiger partial charge in [0.1, 0.15) is 11.0 Å². The zero-order valence-corrected chi connectivity index (χ0v) is 14.4. The summed E-state index contributed by atoms with van der Waals surface area (Å²) in [4.78, 5) is 23.9. The number of hydrogen-bond acceptors (Lipinski definition) is 4. The summed E-state index contributed by atoms with van der Waals surface area (Å²) in [5, 5.41) is 12.0. The summed E-state index contributed by atoms with van der Waals surface area (Å²) >= 11 is 0. The zero-order valence-electron chi connectivity index (χ0n) is 13.6. The van der Waals surface area contributed by atoms with E-state index in [1.807, 2.05) is 0 Å². The second-order valence-electron chi connectivity index (χ2n) is 6.19. The Kier molecular flexibility index (Phi) is 5.55. The standard InChI is InChI=1S/C15H22N2O5S/c1-14(2,17-23(4,21)22)12(18)16-10-15(3,13(19)20)11-8-6-5-7-9-11/h5-9,17H,10H2,1-4H3,(H,16,18)(H,19,20). The molecule has 1 atom stereocenters. The first-order chi connectivity index (χ1) is 10.4. The highest BCUT2D eigenvalue weighted by Gasteiger charge is 2.38. The van der Waals surface area contributed by atoms with E-state index in [0.717, 1.165) is 6.26 Å². The SMILES string of the molecule is CC(C)(NS(C)(=O)=O)C(=O)NCC(C)(C(=O)O)c1ccccc1. The van der Waals surface area contributed by atoms with Crippen molar-refractivity contribution in [3.63, 3.8) is 0 Å². The highest BCUT2D eigenvalue weighted by molar-refractivity contribution is 7.88. The first-order valence-electron chi connectivity index (χ1n) is 6.95. The zero-order chi connectivity index (χ0) is 17.9. The van der Waals surface area contributed by atoms with Gasteiger partial charge in [-0.05, 0) is 26.3 Å². The van der Waals surface area contributed by atoms with Crippen LogP contribution in [0.15, 0.2) is 30.3 Å². The third-order valence-electron chi connectivity index (χ3n) is 3.49. The monoisotopic (exact) mass is 342 g/mol. The molecule has 0 aliphatic heterocycles. The molecular formula is C15H22N2O5S. The quantitative estimate of drug-likeness (QED) is 0.667. The molecule has 0 saturated heterocycles. The van der Waals surface area contributed by atoms with E-state index >= 15 is 0 Å². The lowest BCUT2D eigenvalue weighted by atomic mass is 9.82. The van der Waals surface area contributed by atoms with Crippen molar-refractivity contribution in [3.05, 3.63) is 35.9 Å². The Labute approximate surface area is 136 Å². The second kappa shape index (κ2) is 6.67. The van der Waals surface area contributed by atoms with Gasteiger partial charge in [0.05, 0.1) is 6.26 Å². The average Bonchev–Trinajstić information content (AvgIpc) is 2.42. The third-order valence-corrected chi connectivity index (χ3v) is 4.37. The van der Waals surface area contributed by atoms with Crippen LogP contribution in [-0.2, 0) is 25.0 Å². The number of carbonyl (C=O) groups is 2. The first-order valence-corrected chi connectivity index (χ1v) is 8.84. The second-order valence-corrected chi connectivity index (χ2v) is 7.93. The minimum Gasteiger partial charge on any atom is -0.481 e. The van der Waals surface area contributed by atoms with E-state index in [-0.39, 0.29) is 6.54 Å². The largest absolute Gasteiger partial charge is 0.481 e. The molecule has 0 heterocycles. The number of carbonyl (C=O) groups excluding carboxylic acids is 1. The molecule has 0 aliphatic rings. The normalized spacial score (nSPS) is 14.8. The molecule has 128 valence electrons. The van der Waals surface area contributed by atoms with Crippen molar-refractivity contribution < 1.29 is 23.1 Å². The number of aliphatic carboxylic acids is 1. The summed E-state index contributed by atoms with van der Waals surface area (Å²) in [5.74, 6) is -1.69. The maximum absolute atomic E-state index is 12.2. The maximum Gasteiger partial charge on any atom is 0.315 e. The van der Waals surface area contributed by atoms with Crippen LogP contribution in [-0.4, -0.2) is 43.7 Å². The molecule has 1 aromatic carbocycles. The molecule has 0 saturated carbocycles. The molecule has 8 heteroatoms. The molecule has 0 fully saturated rings. The number of hydrogen-bond donors (Lipinski definition) is 3. The van der Waals surface area contributed by atoms with Gasteiger partial charge in [0, 0.05) is 6.54 Å². The summed E-state index contributed by atoms with van der Waals surface area (Å²) in [6.45, 7) is 4.15. The summed E-state index contributed by atoms with van der Waals surface area (Å²) in [5.41, 5.74) is -2.16. The van der Waals surface area contributed by atoms with E-state index in [1.54, 1.807) is 30.3 Å². The lowest BCUT2D eigenvalue weighted by Crippen LogP contribution is -2.56. The van der Waals surface area contributed by atoms with Crippen LogP contribution in [0.1, 0.15) is 26.3 Å². The minimum absolute atomic E-state index is 0.167. The van der Waals surface area contributed by atoms with E-state index in [0.29, 0.717) is 5.56 Å². The Morgan fingerprint density at radius 3 is 2.09 bits per heavy atom. The van der Waals surface area contributed by atoms with Crippen LogP contribution in [0.3, 0.4) is 0 Å². The predicted molar refractivity (Wildman–Crippen MR) is 86.5 cm³/mol. The predicted octanol–water partition coefficient (Wildman–Crippen LogP) is 0.473. The third kappa shape index (κ3) is 5.04. The van der Waals surface area contributed by atoms with E-state index in [2.05, 4.69) is 10.0 Å². The Morgan fingerprint density at radius 2 is 1.65 bits per heavy atom. The maximum atomic E-state index is 12.2. The molecular weight excluding hydrogens is 320 g/mol. The number of amides is 1. The van der Waals surface area contributed by atoms with Gasteiger partial charge in [-0.25, -0.2) is 13.1 Å². The van der Waals surface area contributed by atoms with Crippen LogP contribution in [0.2, 0.25) is 0 Å². The van der Waals surface area contributed by atoms with E-state index in [9.17, 15) is 23.1 Å². The van der Waals surface area contributed by atoms with Gasteiger partial charge in [0.15, 0.2) is 0 Å². The van der Waals surface area contributed by atoms with Gasteiger partial charge in [0.25, 0.3) is 0 Å². The average molecular weight is 342 g/mol. The summed E-state index contributed by atoms with van der Waals surface area (Å²) in [6.07, 6.45) is 0.952. The summed E-state index contributed by atoms with van der Waals surface area (Å²) in [6, 6.07) is 8.53. The number of carboxylic acids is 1. The van der Waals surface area contributed by atoms with Crippen molar-refractivity contribution in [1.82, 2.24) is 10.0 Å². The Morgan fingerprint density at radius 1 is 1.13 bits per heavy atom. The lowest BCUT2D eigenvalue weighted by Gasteiger charge is -2.29. The van der Waals surface area contributed by atoms with Crippen LogP contribution in [0.25, 0.3) is 0 Å². The van der Waals surface area contributed by atoms with Crippen molar-refractivity contribution in [2.45, 2.75) is 31.7 Å². The van der Waals surface area contributed by atoms with Crippen molar-refractivity contribution in [3.8, 4) is 0 Å². The molecule has 3 N–H and O–H groups in total. The highest BCUT2D eigenvalue weighted by atomic mass is 32.2.